The average Bonchev–Trinajstić information content (AvgIpc) is 2.65. The van der Waals surface area contributed by atoms with E-state index in [1.54, 1.807) is 25.2 Å². The van der Waals surface area contributed by atoms with E-state index in [-0.39, 0.29) is 13.2 Å². The summed E-state index contributed by atoms with van der Waals surface area (Å²) in [6, 6.07) is 5.24. The number of ether oxygens (including phenoxy) is 1. The fourth-order valence-electron chi connectivity index (χ4n) is 1.57. The maximum absolute atomic E-state index is 11.3. The highest BCUT2D eigenvalue weighted by Crippen LogP contribution is 2.14. The first-order valence-electron chi connectivity index (χ1n) is 5.27. The Balaban J connectivity index is 2.12. The number of aryl methyl sites for hydroxylation is 1. The largest absolute Gasteiger partial charge is 0.419 e. The molecular formula is C11H13N3O4. The Labute approximate surface area is 102 Å². The van der Waals surface area contributed by atoms with E-state index in [4.69, 9.17) is 15.0 Å². The van der Waals surface area contributed by atoms with Gasteiger partial charge in [0.25, 0.3) is 5.91 Å². The lowest BCUT2D eigenvalue weighted by molar-refractivity contribution is -0.126. The fourth-order valence-corrected chi connectivity index (χ4v) is 1.57. The van der Waals surface area contributed by atoms with Gasteiger partial charge in [-0.2, -0.15) is 0 Å². The van der Waals surface area contributed by atoms with Gasteiger partial charge in [-0.05, 0) is 17.7 Å². The number of nitrogens with two attached hydrogens (primary N) is 1. The van der Waals surface area contributed by atoms with E-state index >= 15 is 0 Å². The van der Waals surface area contributed by atoms with Gasteiger partial charge >= 0.3 is 5.76 Å². The SMILES string of the molecule is Cn1c(=O)oc2ccc(COCC(=O)NN)cc21. The quantitative estimate of drug-likeness (QED) is 0.439. The normalized spacial score (nSPS) is 10.8. The van der Waals surface area contributed by atoms with Crippen molar-refractivity contribution in [3.63, 3.8) is 0 Å². The summed E-state index contributed by atoms with van der Waals surface area (Å²) in [5.74, 6) is 4.11. The third-order valence-electron chi connectivity index (χ3n) is 2.52. The number of benzene rings is 1. The van der Waals surface area contributed by atoms with E-state index < -0.39 is 11.7 Å². The number of nitrogens with zero attached hydrogens (tertiary/aromatic N) is 1. The molecule has 0 fully saturated rings. The number of hydrogen-bond acceptors (Lipinski definition) is 5. The van der Waals surface area contributed by atoms with Gasteiger partial charge in [0.1, 0.15) is 6.61 Å². The van der Waals surface area contributed by atoms with Crippen LogP contribution < -0.4 is 17.0 Å². The zero-order valence-electron chi connectivity index (χ0n) is 9.80. The van der Waals surface area contributed by atoms with Crippen LogP contribution in [0.2, 0.25) is 0 Å². The van der Waals surface area contributed by atoms with E-state index in [0.29, 0.717) is 11.1 Å². The molecule has 0 aliphatic carbocycles. The zero-order chi connectivity index (χ0) is 13.1. The molecular weight excluding hydrogens is 238 g/mol. The van der Waals surface area contributed by atoms with Gasteiger partial charge in [-0.25, -0.2) is 10.6 Å². The van der Waals surface area contributed by atoms with Crippen LogP contribution in [0.3, 0.4) is 0 Å². The van der Waals surface area contributed by atoms with Crippen LogP contribution in [0.25, 0.3) is 11.1 Å². The van der Waals surface area contributed by atoms with Crippen molar-refractivity contribution in [2.45, 2.75) is 6.61 Å². The number of fused-ring (bicyclic) bond motifs is 1. The Kier molecular flexibility index (Phi) is 3.45. The van der Waals surface area contributed by atoms with Crippen molar-refractivity contribution in [2.24, 2.45) is 12.9 Å². The Hall–Kier alpha value is -2.12. The van der Waals surface area contributed by atoms with Crippen molar-refractivity contribution in [2.75, 3.05) is 6.61 Å². The van der Waals surface area contributed by atoms with Gasteiger partial charge in [-0.3, -0.25) is 14.8 Å². The number of nitrogens with one attached hydrogen (secondary N) is 1. The highest BCUT2D eigenvalue weighted by Gasteiger charge is 2.06. The van der Waals surface area contributed by atoms with Crippen LogP contribution in [0.15, 0.2) is 27.4 Å². The number of hydrazine groups is 1. The minimum absolute atomic E-state index is 0.112. The van der Waals surface area contributed by atoms with Crippen molar-refractivity contribution >= 4 is 17.0 Å². The van der Waals surface area contributed by atoms with Crippen molar-refractivity contribution in [1.82, 2.24) is 9.99 Å². The first kappa shape index (κ1) is 12.3. The van der Waals surface area contributed by atoms with E-state index in [2.05, 4.69) is 0 Å². The number of carbonyl (C=O) groups is 1. The highest BCUT2D eigenvalue weighted by molar-refractivity contribution is 5.76. The fraction of sp³-hybridized carbons (Fsp3) is 0.273. The van der Waals surface area contributed by atoms with Gasteiger partial charge in [0.15, 0.2) is 5.58 Å². The molecule has 2 aromatic rings. The third kappa shape index (κ3) is 2.41. The molecule has 1 amide bonds. The van der Waals surface area contributed by atoms with Crippen LogP contribution in [-0.4, -0.2) is 17.1 Å². The molecule has 1 aromatic heterocycles. The maximum atomic E-state index is 11.3. The first-order chi connectivity index (χ1) is 8.61. The number of oxazole rings is 1. The van der Waals surface area contributed by atoms with Gasteiger partial charge in [0.2, 0.25) is 0 Å². The summed E-state index contributed by atoms with van der Waals surface area (Å²) in [6.07, 6.45) is 0. The third-order valence-corrected chi connectivity index (χ3v) is 2.52. The van der Waals surface area contributed by atoms with Crippen LogP contribution >= 0.6 is 0 Å². The zero-order valence-corrected chi connectivity index (χ0v) is 9.80. The van der Waals surface area contributed by atoms with Crippen molar-refractivity contribution in [3.8, 4) is 0 Å². The number of rotatable bonds is 4. The van der Waals surface area contributed by atoms with Gasteiger partial charge in [0, 0.05) is 7.05 Å². The number of hydrogen-bond donors (Lipinski definition) is 2. The summed E-state index contributed by atoms with van der Waals surface area (Å²) in [4.78, 5) is 22.1. The Morgan fingerprint density at radius 2 is 2.33 bits per heavy atom. The lowest BCUT2D eigenvalue weighted by atomic mass is 10.2. The maximum Gasteiger partial charge on any atom is 0.419 e. The molecule has 18 heavy (non-hydrogen) atoms. The van der Waals surface area contributed by atoms with Gasteiger partial charge in [0.05, 0.1) is 12.1 Å². The Bertz CT molecular complexity index is 629. The molecule has 0 aliphatic rings. The van der Waals surface area contributed by atoms with E-state index in [9.17, 15) is 9.59 Å². The van der Waals surface area contributed by atoms with Crippen LogP contribution in [0.5, 0.6) is 0 Å². The number of carbonyl (C=O) groups excluding carboxylic acids is 1. The molecule has 0 spiro atoms. The molecule has 0 saturated carbocycles. The van der Waals surface area contributed by atoms with Gasteiger partial charge in [-0.15, -0.1) is 0 Å². The molecule has 0 aliphatic heterocycles. The van der Waals surface area contributed by atoms with Gasteiger partial charge < -0.3 is 9.15 Å². The molecule has 96 valence electrons. The second-order valence-electron chi connectivity index (χ2n) is 3.79. The standard InChI is InChI=1S/C11H13N3O4/c1-14-8-4-7(5-17-6-10(15)13-12)2-3-9(8)18-11(14)16/h2-4H,5-6,12H2,1H3,(H,13,15). The second kappa shape index (κ2) is 5.03. The molecule has 0 unspecified atom stereocenters. The lowest BCUT2D eigenvalue weighted by Gasteiger charge is -2.03. The summed E-state index contributed by atoms with van der Waals surface area (Å²) < 4.78 is 11.6. The predicted molar refractivity (Wildman–Crippen MR) is 63.4 cm³/mol. The van der Waals surface area contributed by atoms with Crippen LogP contribution in [0.4, 0.5) is 0 Å². The van der Waals surface area contributed by atoms with E-state index in [0.717, 1.165) is 5.56 Å². The second-order valence-corrected chi connectivity index (χ2v) is 3.79. The average molecular weight is 251 g/mol. The van der Waals surface area contributed by atoms with E-state index in [1.807, 2.05) is 5.43 Å². The topological polar surface area (TPSA) is 99.5 Å². The molecule has 0 saturated heterocycles. The van der Waals surface area contributed by atoms with Crippen molar-refractivity contribution < 1.29 is 13.9 Å². The Morgan fingerprint density at radius 1 is 1.56 bits per heavy atom. The van der Waals surface area contributed by atoms with Crippen molar-refractivity contribution in [3.05, 3.63) is 34.3 Å². The molecule has 7 nitrogen and oxygen atoms in total. The van der Waals surface area contributed by atoms with E-state index in [1.165, 1.54) is 4.57 Å². The highest BCUT2D eigenvalue weighted by atomic mass is 16.5. The first-order valence-corrected chi connectivity index (χ1v) is 5.27. The predicted octanol–water partition coefficient (Wildman–Crippen LogP) is -0.362. The summed E-state index contributed by atoms with van der Waals surface area (Å²) in [6.45, 7) is 0.140. The molecule has 7 heteroatoms. The minimum Gasteiger partial charge on any atom is -0.408 e. The van der Waals surface area contributed by atoms with Crippen molar-refractivity contribution in [1.29, 1.82) is 0 Å². The molecule has 0 atom stereocenters. The number of amides is 1. The molecule has 1 heterocycles. The smallest absolute Gasteiger partial charge is 0.408 e. The van der Waals surface area contributed by atoms with Crippen LogP contribution in [0.1, 0.15) is 5.56 Å². The molecule has 1 aromatic carbocycles. The summed E-state index contributed by atoms with van der Waals surface area (Å²) in [5.41, 5.74) is 4.01. The minimum atomic E-state index is -0.412. The summed E-state index contributed by atoms with van der Waals surface area (Å²) >= 11 is 0. The summed E-state index contributed by atoms with van der Waals surface area (Å²) in [5, 5.41) is 0. The van der Waals surface area contributed by atoms with Crippen LogP contribution in [0, 0.1) is 0 Å². The molecule has 3 N–H and O–H groups in total. The molecule has 2 rings (SSSR count). The summed E-state index contributed by atoms with van der Waals surface area (Å²) in [7, 11) is 1.63. The molecule has 0 bridgehead atoms. The Morgan fingerprint density at radius 3 is 3.06 bits per heavy atom. The number of aromatic nitrogens is 1. The monoisotopic (exact) mass is 251 g/mol. The van der Waals surface area contributed by atoms with Gasteiger partial charge in [-0.1, -0.05) is 6.07 Å². The molecule has 0 radical (unpaired) electrons. The van der Waals surface area contributed by atoms with Crippen LogP contribution in [-0.2, 0) is 23.2 Å². The lowest BCUT2D eigenvalue weighted by Crippen LogP contribution is -2.33.